The molecule has 0 atom stereocenters. The fourth-order valence-corrected chi connectivity index (χ4v) is 15.8. The number of allylic oxidation sites excluding steroid dienone is 5. The fourth-order valence-electron chi connectivity index (χ4n) is 3.32. The Kier molecular flexibility index (Phi) is 12.4. The minimum absolute atomic E-state index is 1.19. The molecular weight excluding hydrogens is 431 g/mol. The Balaban J connectivity index is 2.45. The summed E-state index contributed by atoms with van der Waals surface area (Å²) in [6, 6.07) is 0. The van der Waals surface area contributed by atoms with Crippen LogP contribution in [-0.2, 0) is 21.4 Å². The first kappa shape index (κ1) is 20.1. The summed E-state index contributed by atoms with van der Waals surface area (Å²) < 4.78 is 5.26. The third kappa shape index (κ3) is 8.09. The zero-order valence-corrected chi connectivity index (χ0v) is 18.7. The van der Waals surface area contributed by atoms with Crippen LogP contribution in [0.4, 0.5) is 0 Å². The Bertz CT molecular complexity index is 343. The van der Waals surface area contributed by atoms with Crippen molar-refractivity contribution >= 4 is 0 Å². The molecule has 0 fully saturated rings. The van der Waals surface area contributed by atoms with Crippen LogP contribution in [-0.4, -0.2) is 0 Å². The van der Waals surface area contributed by atoms with Crippen LogP contribution >= 0.6 is 0 Å². The summed E-state index contributed by atoms with van der Waals surface area (Å²) in [4.78, 5) is 0. The van der Waals surface area contributed by atoms with Crippen LogP contribution in [0.3, 0.4) is 0 Å². The van der Waals surface area contributed by atoms with E-state index in [-0.39, 0.29) is 0 Å². The Hall–Kier alpha value is 0.0901. The molecule has 0 bridgehead atoms. The van der Waals surface area contributed by atoms with E-state index in [1.807, 2.05) is 3.33 Å². The maximum absolute atomic E-state index is 3.81. The van der Waals surface area contributed by atoms with Crippen LogP contribution < -0.4 is 0 Å². The van der Waals surface area contributed by atoms with Crippen LogP contribution in [0.2, 0.25) is 8.35 Å². The third-order valence-corrected chi connectivity index (χ3v) is 16.6. The summed E-state index contributed by atoms with van der Waals surface area (Å²) in [6.07, 6.45) is 22.2. The zero-order chi connectivity index (χ0) is 16.0. The van der Waals surface area contributed by atoms with Gasteiger partial charge in [-0.15, -0.1) is 0 Å². The topological polar surface area (TPSA) is 0 Å². The molecule has 1 heteroatoms. The van der Waals surface area contributed by atoms with Crippen molar-refractivity contribution in [2.45, 2.75) is 92.8 Å². The molecule has 0 saturated carbocycles. The average molecular weight is 468 g/mol. The standard InChI is InChI=1S/C13H19.2C4H9.Hf/c1-2-3-4-5-6-7-10-13-11-8-9-12-13;2*1-3-4-2;/h2,8,11H,1,3-7,9-10H2;2*1,3-4H2,2H3;. The molecule has 1 aliphatic rings. The van der Waals surface area contributed by atoms with Crippen LogP contribution in [0.5, 0.6) is 0 Å². The predicted octanol–water partition coefficient (Wildman–Crippen LogP) is 7.78. The molecule has 0 amide bonds. The first-order chi connectivity index (χ1) is 10.8. The summed E-state index contributed by atoms with van der Waals surface area (Å²) in [7, 11) is 0. The Morgan fingerprint density at radius 3 is 2.32 bits per heavy atom. The molecule has 0 nitrogen and oxygen atoms in total. The van der Waals surface area contributed by atoms with Gasteiger partial charge in [0.15, 0.2) is 0 Å². The quantitative estimate of drug-likeness (QED) is 0.139. The predicted molar refractivity (Wildman–Crippen MR) is 98.1 cm³/mol. The molecule has 0 heterocycles. The maximum atomic E-state index is 3.81. The summed E-state index contributed by atoms with van der Waals surface area (Å²) in [5, 5.41) is 0. The van der Waals surface area contributed by atoms with E-state index < -0.39 is 21.4 Å². The first-order valence-corrected chi connectivity index (χ1v) is 16.6. The van der Waals surface area contributed by atoms with Gasteiger partial charge in [0.25, 0.3) is 0 Å². The second-order valence-corrected chi connectivity index (χ2v) is 16.8. The van der Waals surface area contributed by atoms with Crippen LogP contribution in [0, 0.1) is 0 Å². The first-order valence-electron chi connectivity index (χ1n) is 9.68. The summed E-state index contributed by atoms with van der Waals surface area (Å²) in [5.41, 5.74) is 1.79. The van der Waals surface area contributed by atoms with Crippen LogP contribution in [0.1, 0.15) is 84.5 Å². The molecule has 0 radical (unpaired) electrons. The van der Waals surface area contributed by atoms with Crippen molar-refractivity contribution in [3.63, 3.8) is 0 Å². The summed E-state index contributed by atoms with van der Waals surface area (Å²) >= 11 is -1.45. The van der Waals surface area contributed by atoms with Crippen molar-refractivity contribution in [3.8, 4) is 0 Å². The van der Waals surface area contributed by atoms with E-state index in [2.05, 4.69) is 38.7 Å². The molecule has 0 aliphatic heterocycles. The van der Waals surface area contributed by atoms with Gasteiger partial charge in [-0.3, -0.25) is 0 Å². The van der Waals surface area contributed by atoms with Crippen molar-refractivity contribution in [3.05, 3.63) is 33.7 Å². The second kappa shape index (κ2) is 13.5. The second-order valence-electron chi connectivity index (χ2n) is 6.66. The monoisotopic (exact) mass is 469 g/mol. The van der Waals surface area contributed by atoms with Crippen molar-refractivity contribution in [1.29, 1.82) is 0 Å². The van der Waals surface area contributed by atoms with Gasteiger partial charge >= 0.3 is 148 Å². The number of hydrogen-bond acceptors (Lipinski definition) is 0. The van der Waals surface area contributed by atoms with Gasteiger partial charge in [0.1, 0.15) is 0 Å². The van der Waals surface area contributed by atoms with Crippen molar-refractivity contribution in [2.75, 3.05) is 0 Å². The summed E-state index contributed by atoms with van der Waals surface area (Å²) in [5.74, 6) is 0. The van der Waals surface area contributed by atoms with Crippen molar-refractivity contribution < 1.29 is 21.4 Å². The Morgan fingerprint density at radius 2 is 1.68 bits per heavy atom. The van der Waals surface area contributed by atoms with E-state index >= 15 is 0 Å². The number of rotatable bonds is 14. The van der Waals surface area contributed by atoms with Gasteiger partial charge in [0, 0.05) is 0 Å². The van der Waals surface area contributed by atoms with E-state index in [9.17, 15) is 0 Å². The SMILES string of the molecule is C=CCCCCCCC1=[C]([Hf]([CH2]CCC)[CH2]CCC)CC=C1. The molecule has 0 unspecified atom stereocenters. The van der Waals surface area contributed by atoms with Crippen molar-refractivity contribution in [2.24, 2.45) is 0 Å². The molecule has 22 heavy (non-hydrogen) atoms. The van der Waals surface area contributed by atoms with E-state index in [0.717, 1.165) is 0 Å². The Labute approximate surface area is 147 Å². The minimum atomic E-state index is -1.45. The fraction of sp³-hybridized carbons (Fsp3) is 0.714. The van der Waals surface area contributed by atoms with E-state index in [4.69, 9.17) is 0 Å². The molecule has 125 valence electrons. The molecule has 1 rings (SSSR count). The van der Waals surface area contributed by atoms with Gasteiger partial charge in [-0.1, -0.05) is 0 Å². The van der Waals surface area contributed by atoms with E-state index in [0.29, 0.717) is 0 Å². The molecule has 0 aromatic rings. The van der Waals surface area contributed by atoms with Crippen molar-refractivity contribution in [1.82, 2.24) is 0 Å². The number of hydrogen-bond donors (Lipinski definition) is 0. The molecule has 0 spiro atoms. The van der Waals surface area contributed by atoms with Crippen LogP contribution in [0.15, 0.2) is 33.7 Å². The number of unbranched alkanes of at least 4 members (excludes halogenated alkanes) is 6. The van der Waals surface area contributed by atoms with Gasteiger partial charge in [-0.2, -0.15) is 0 Å². The van der Waals surface area contributed by atoms with Gasteiger partial charge in [-0.05, 0) is 0 Å². The normalized spacial score (nSPS) is 13.9. The van der Waals surface area contributed by atoms with E-state index in [1.165, 1.54) is 70.6 Å². The average Bonchev–Trinajstić information content (AvgIpc) is 2.99. The van der Waals surface area contributed by atoms with E-state index in [1.54, 1.807) is 13.9 Å². The molecule has 0 N–H and O–H groups in total. The zero-order valence-electron chi connectivity index (χ0n) is 15.1. The third-order valence-electron chi connectivity index (χ3n) is 4.72. The molecule has 1 aliphatic carbocycles. The molecular formula is C21H37Hf. The molecule has 0 aromatic heterocycles. The van der Waals surface area contributed by atoms with Crippen LogP contribution in [0.25, 0.3) is 0 Å². The van der Waals surface area contributed by atoms with Gasteiger partial charge < -0.3 is 0 Å². The molecule has 0 aromatic carbocycles. The summed E-state index contributed by atoms with van der Waals surface area (Å²) in [6.45, 7) is 8.52. The van der Waals surface area contributed by atoms with Gasteiger partial charge in [0.2, 0.25) is 0 Å². The molecule has 0 saturated heterocycles. The van der Waals surface area contributed by atoms with Gasteiger partial charge in [-0.25, -0.2) is 0 Å². The van der Waals surface area contributed by atoms with Gasteiger partial charge in [0.05, 0.1) is 0 Å². The Morgan fingerprint density at radius 1 is 1.00 bits per heavy atom.